The Morgan fingerprint density at radius 2 is 1.56 bits per heavy atom. The molecule has 2 aliphatic heterocycles. The fourth-order valence-electron chi connectivity index (χ4n) is 5.45. The molecular weight excluding hydrogens is 437 g/mol. The summed E-state index contributed by atoms with van der Waals surface area (Å²) in [7, 11) is 0. The molecule has 2 heterocycles. The second-order valence-corrected chi connectivity index (χ2v) is 9.77. The Bertz CT molecular complexity index is 819. The van der Waals surface area contributed by atoms with Crippen LogP contribution in [-0.4, -0.2) is 104 Å². The molecule has 3 aliphatic rings. The van der Waals surface area contributed by atoms with Gasteiger partial charge in [0.2, 0.25) is 11.8 Å². The van der Waals surface area contributed by atoms with E-state index in [2.05, 4.69) is 25.3 Å². The zero-order valence-electron chi connectivity index (χ0n) is 20.1. The lowest BCUT2D eigenvalue weighted by molar-refractivity contribution is -0.124. The fraction of sp³-hybridized carbons (Fsp3) is 0.680. The fourth-order valence-corrected chi connectivity index (χ4v) is 5.45. The predicted octanol–water partition coefficient (Wildman–Crippen LogP) is 1.53. The number of carbonyl (C=O) groups excluding carboxylic acids is 2. The van der Waals surface area contributed by atoms with E-state index in [9.17, 15) is 14.0 Å². The third kappa shape index (κ3) is 6.97. The maximum Gasteiger partial charge on any atom is 0.238 e. The van der Waals surface area contributed by atoms with Crippen molar-refractivity contribution in [1.29, 1.82) is 0 Å². The van der Waals surface area contributed by atoms with E-state index in [1.165, 1.54) is 31.4 Å². The first-order chi connectivity index (χ1) is 16.5. The van der Waals surface area contributed by atoms with Crippen LogP contribution in [0.25, 0.3) is 0 Å². The highest BCUT2D eigenvalue weighted by Gasteiger charge is 2.38. The summed E-state index contributed by atoms with van der Waals surface area (Å²) in [6, 6.07) is 5.91. The van der Waals surface area contributed by atoms with Gasteiger partial charge >= 0.3 is 0 Å². The first-order valence-corrected chi connectivity index (χ1v) is 12.6. The van der Waals surface area contributed by atoms with Crippen LogP contribution in [0, 0.1) is 5.82 Å². The van der Waals surface area contributed by atoms with E-state index in [4.69, 9.17) is 4.74 Å². The van der Waals surface area contributed by atoms with Crippen molar-refractivity contribution >= 4 is 17.5 Å². The van der Waals surface area contributed by atoms with Crippen molar-refractivity contribution in [2.24, 2.45) is 0 Å². The average molecular weight is 476 g/mol. The molecule has 1 aromatic rings. The van der Waals surface area contributed by atoms with Gasteiger partial charge in [-0.3, -0.25) is 24.3 Å². The van der Waals surface area contributed by atoms with Crippen molar-refractivity contribution in [2.45, 2.75) is 37.6 Å². The number of hydrogen-bond acceptors (Lipinski definition) is 6. The number of hydrogen-bond donors (Lipinski definition) is 2. The van der Waals surface area contributed by atoms with Gasteiger partial charge in [0.05, 0.1) is 26.3 Å². The number of morpholine rings is 1. The number of halogens is 1. The van der Waals surface area contributed by atoms with Crippen LogP contribution in [0.5, 0.6) is 0 Å². The number of amides is 2. The third-order valence-electron chi connectivity index (χ3n) is 7.39. The molecular formula is C25H38FN5O3. The van der Waals surface area contributed by atoms with Crippen LogP contribution in [0.15, 0.2) is 24.3 Å². The minimum atomic E-state index is -0.371. The van der Waals surface area contributed by atoms with Crippen LogP contribution in [-0.2, 0) is 14.3 Å². The number of anilines is 1. The van der Waals surface area contributed by atoms with Gasteiger partial charge in [0.25, 0.3) is 0 Å². The second-order valence-electron chi connectivity index (χ2n) is 9.77. The van der Waals surface area contributed by atoms with Crippen LogP contribution in [0.1, 0.15) is 32.1 Å². The molecule has 2 saturated heterocycles. The number of nitrogens with one attached hydrogen (secondary N) is 2. The maximum absolute atomic E-state index is 13.3. The molecule has 8 nitrogen and oxygen atoms in total. The molecule has 1 aromatic carbocycles. The number of carbonyl (C=O) groups is 2. The largest absolute Gasteiger partial charge is 0.379 e. The second kappa shape index (κ2) is 12.1. The molecule has 0 bridgehead atoms. The molecule has 4 rings (SSSR count). The summed E-state index contributed by atoms with van der Waals surface area (Å²) >= 11 is 0. The van der Waals surface area contributed by atoms with E-state index >= 15 is 0 Å². The normalized spacial score (nSPS) is 22.3. The van der Waals surface area contributed by atoms with Gasteiger partial charge in [-0.1, -0.05) is 25.3 Å². The molecule has 0 radical (unpaired) electrons. The molecule has 1 aliphatic carbocycles. The zero-order valence-corrected chi connectivity index (χ0v) is 20.1. The van der Waals surface area contributed by atoms with E-state index in [1.807, 2.05) is 0 Å². The Labute approximate surface area is 201 Å². The molecule has 1 saturated carbocycles. The summed E-state index contributed by atoms with van der Waals surface area (Å²) in [6.45, 7) is 7.76. The molecule has 188 valence electrons. The quantitative estimate of drug-likeness (QED) is 0.594. The van der Waals surface area contributed by atoms with Crippen LogP contribution in [0.3, 0.4) is 0 Å². The molecule has 3 fully saturated rings. The van der Waals surface area contributed by atoms with Crippen molar-refractivity contribution in [3.8, 4) is 0 Å². The minimum Gasteiger partial charge on any atom is -0.379 e. The van der Waals surface area contributed by atoms with Gasteiger partial charge in [-0.2, -0.15) is 0 Å². The Kier molecular flexibility index (Phi) is 8.88. The number of nitrogens with zero attached hydrogens (tertiary/aromatic N) is 3. The summed E-state index contributed by atoms with van der Waals surface area (Å²) in [5.41, 5.74) is 0.541. The van der Waals surface area contributed by atoms with Gasteiger partial charge in [-0.05, 0) is 31.0 Å². The van der Waals surface area contributed by atoms with Crippen molar-refractivity contribution in [3.63, 3.8) is 0 Å². The topological polar surface area (TPSA) is 77.2 Å². The summed E-state index contributed by atoms with van der Waals surface area (Å²) in [6.07, 6.45) is 6.02. The highest BCUT2D eigenvalue weighted by Crippen LogP contribution is 2.33. The Morgan fingerprint density at radius 1 is 0.912 bits per heavy atom. The van der Waals surface area contributed by atoms with Crippen LogP contribution in [0.2, 0.25) is 0 Å². The van der Waals surface area contributed by atoms with Gasteiger partial charge in [0.1, 0.15) is 5.82 Å². The van der Waals surface area contributed by atoms with E-state index in [0.717, 1.165) is 65.3 Å². The monoisotopic (exact) mass is 475 g/mol. The minimum absolute atomic E-state index is 0.0748. The molecule has 2 amide bonds. The molecule has 9 heteroatoms. The van der Waals surface area contributed by atoms with Gasteiger partial charge < -0.3 is 15.4 Å². The lowest BCUT2D eigenvalue weighted by Gasteiger charge is -2.48. The van der Waals surface area contributed by atoms with Gasteiger partial charge in [-0.15, -0.1) is 0 Å². The zero-order chi connectivity index (χ0) is 23.8. The molecule has 34 heavy (non-hydrogen) atoms. The lowest BCUT2D eigenvalue weighted by atomic mass is 9.79. The van der Waals surface area contributed by atoms with Crippen molar-refractivity contribution < 1.29 is 18.7 Å². The summed E-state index contributed by atoms with van der Waals surface area (Å²) < 4.78 is 18.8. The highest BCUT2D eigenvalue weighted by molar-refractivity contribution is 5.92. The highest BCUT2D eigenvalue weighted by atomic mass is 19.1. The van der Waals surface area contributed by atoms with Gasteiger partial charge in [-0.25, -0.2) is 4.39 Å². The SMILES string of the molecule is O=C(CN1CCN(CC(=O)Nc2cccc(F)c2)CC1)NCC1(N2CCOCC2)CCCCC1. The van der Waals surface area contributed by atoms with Crippen molar-refractivity contribution in [3.05, 3.63) is 30.1 Å². The summed E-state index contributed by atoms with van der Waals surface area (Å²) in [5.74, 6) is -0.447. The van der Waals surface area contributed by atoms with E-state index in [-0.39, 0.29) is 29.7 Å². The number of ether oxygens (including phenoxy) is 1. The summed E-state index contributed by atoms with van der Waals surface area (Å²) in [5, 5.41) is 5.98. The summed E-state index contributed by atoms with van der Waals surface area (Å²) in [4.78, 5) is 31.8. The van der Waals surface area contributed by atoms with Crippen molar-refractivity contribution in [1.82, 2.24) is 20.0 Å². The first-order valence-electron chi connectivity index (χ1n) is 12.6. The smallest absolute Gasteiger partial charge is 0.238 e. The van der Waals surface area contributed by atoms with Crippen molar-refractivity contribution in [2.75, 3.05) is 77.4 Å². The standard InChI is InChI=1S/C25H38FN5O3/c26-21-5-4-6-22(17-21)28-24(33)19-30-11-9-29(10-12-30)18-23(32)27-20-25(7-2-1-3-8-25)31-13-15-34-16-14-31/h4-6,17H,1-3,7-16,18-20H2,(H,27,32)(H,28,33). The number of benzene rings is 1. The number of piperazine rings is 1. The van der Waals surface area contributed by atoms with E-state index in [0.29, 0.717) is 18.8 Å². The van der Waals surface area contributed by atoms with Gasteiger partial charge in [0, 0.05) is 57.0 Å². The van der Waals surface area contributed by atoms with E-state index < -0.39 is 0 Å². The van der Waals surface area contributed by atoms with Crippen LogP contribution < -0.4 is 10.6 Å². The first kappa shape index (κ1) is 25.0. The molecule has 2 N–H and O–H groups in total. The average Bonchev–Trinajstić information content (AvgIpc) is 2.85. The Morgan fingerprint density at radius 3 is 2.21 bits per heavy atom. The van der Waals surface area contributed by atoms with Crippen LogP contribution >= 0.6 is 0 Å². The van der Waals surface area contributed by atoms with Gasteiger partial charge in [0.15, 0.2) is 0 Å². The molecule has 0 unspecified atom stereocenters. The van der Waals surface area contributed by atoms with E-state index in [1.54, 1.807) is 12.1 Å². The third-order valence-corrected chi connectivity index (χ3v) is 7.39. The lowest BCUT2D eigenvalue weighted by Crippen LogP contribution is -2.60. The molecule has 0 aromatic heterocycles. The Hall–Kier alpha value is -2.07. The molecule has 0 atom stereocenters. The Balaban J connectivity index is 1.18. The predicted molar refractivity (Wildman–Crippen MR) is 129 cm³/mol. The number of rotatable bonds is 8. The van der Waals surface area contributed by atoms with Crippen LogP contribution in [0.4, 0.5) is 10.1 Å². The maximum atomic E-state index is 13.3. The molecule has 0 spiro atoms.